The van der Waals surface area contributed by atoms with E-state index in [2.05, 4.69) is 10.3 Å². The second-order valence-electron chi connectivity index (χ2n) is 9.66. The summed E-state index contributed by atoms with van der Waals surface area (Å²) in [6.07, 6.45) is -2.29. The summed E-state index contributed by atoms with van der Waals surface area (Å²) in [6.45, 7) is 2.02. The van der Waals surface area contributed by atoms with Crippen LogP contribution in [0.25, 0.3) is 0 Å². The van der Waals surface area contributed by atoms with E-state index in [0.717, 1.165) is 18.4 Å². The number of carbonyl (C=O) groups excluding carboxylic acids is 2. The Balaban J connectivity index is 1.45. The predicted molar refractivity (Wildman–Crippen MR) is 130 cm³/mol. The van der Waals surface area contributed by atoms with Crippen molar-refractivity contribution in [1.29, 1.82) is 0 Å². The summed E-state index contributed by atoms with van der Waals surface area (Å²) in [7, 11) is 0. The molecular weight excluding hydrogens is 505 g/mol. The third kappa shape index (κ3) is 6.93. The van der Waals surface area contributed by atoms with E-state index in [-0.39, 0.29) is 24.0 Å². The van der Waals surface area contributed by atoms with E-state index in [0.29, 0.717) is 30.9 Å². The van der Waals surface area contributed by atoms with Gasteiger partial charge >= 0.3 is 18.2 Å². The first kappa shape index (κ1) is 27.2. The first-order valence-corrected chi connectivity index (χ1v) is 12.4. The number of carbonyl (C=O) groups is 3. The Labute approximate surface area is 217 Å². The lowest BCUT2D eigenvalue weighted by molar-refractivity contribution is -0.174. The molecule has 2 heterocycles. The zero-order valence-electron chi connectivity index (χ0n) is 20.7. The van der Waals surface area contributed by atoms with Gasteiger partial charge < -0.3 is 25.4 Å². The first-order chi connectivity index (χ1) is 18.0. The number of likely N-dealkylation sites (tertiary alicyclic amines) is 1. The molecule has 2 aliphatic rings. The molecule has 1 aromatic carbocycles. The zero-order chi connectivity index (χ0) is 27.4. The van der Waals surface area contributed by atoms with Crippen molar-refractivity contribution >= 4 is 17.9 Å². The van der Waals surface area contributed by atoms with Gasteiger partial charge in [0.15, 0.2) is 0 Å². The molecule has 2 aromatic rings. The lowest BCUT2D eigenvalue weighted by Gasteiger charge is -2.31. The third-order valence-corrected chi connectivity index (χ3v) is 6.64. The van der Waals surface area contributed by atoms with Crippen LogP contribution in [0.2, 0.25) is 0 Å². The SMILES string of the molecule is CC(NC(=O)C(F)(F)F)C(Oc1ccc(C(=O)N[C@H]2CCCN(C(=O)O)C2)nc1)c1ccc(C2CC2)cc1. The third-order valence-electron chi connectivity index (χ3n) is 6.64. The van der Waals surface area contributed by atoms with E-state index in [4.69, 9.17) is 9.84 Å². The summed E-state index contributed by atoms with van der Waals surface area (Å²) in [5.41, 5.74) is 1.79. The van der Waals surface area contributed by atoms with Crippen LogP contribution < -0.4 is 15.4 Å². The summed E-state index contributed by atoms with van der Waals surface area (Å²) >= 11 is 0. The summed E-state index contributed by atoms with van der Waals surface area (Å²) in [5, 5.41) is 13.9. The van der Waals surface area contributed by atoms with Crippen molar-refractivity contribution in [3.8, 4) is 5.75 Å². The Hall–Kier alpha value is -3.83. The predicted octanol–water partition coefficient (Wildman–Crippen LogP) is 4.02. The number of aromatic nitrogens is 1. The van der Waals surface area contributed by atoms with Crippen LogP contribution in [0.1, 0.15) is 66.2 Å². The number of piperidine rings is 1. The molecule has 1 aromatic heterocycles. The molecular formula is C26H29F3N4O5. The fraction of sp³-hybridized carbons (Fsp3) is 0.462. The molecule has 0 spiro atoms. The summed E-state index contributed by atoms with van der Waals surface area (Å²) < 4.78 is 44.6. The molecule has 1 aliphatic carbocycles. The van der Waals surface area contributed by atoms with Gasteiger partial charge in [-0.15, -0.1) is 0 Å². The van der Waals surface area contributed by atoms with E-state index in [1.54, 1.807) is 12.1 Å². The molecule has 2 unspecified atom stereocenters. The molecule has 0 radical (unpaired) electrons. The number of nitrogens with zero attached hydrogens (tertiary/aromatic N) is 2. The van der Waals surface area contributed by atoms with Crippen molar-refractivity contribution in [1.82, 2.24) is 20.5 Å². The molecule has 12 heteroatoms. The van der Waals surface area contributed by atoms with Gasteiger partial charge in [-0.2, -0.15) is 13.2 Å². The fourth-order valence-corrected chi connectivity index (χ4v) is 4.46. The number of hydrogen-bond acceptors (Lipinski definition) is 5. The van der Waals surface area contributed by atoms with Crippen molar-refractivity contribution in [2.75, 3.05) is 13.1 Å². The number of halogens is 3. The van der Waals surface area contributed by atoms with Crippen LogP contribution in [0, 0.1) is 0 Å². The van der Waals surface area contributed by atoms with Crippen LogP contribution in [0.5, 0.6) is 5.75 Å². The van der Waals surface area contributed by atoms with Crippen LogP contribution >= 0.6 is 0 Å². The van der Waals surface area contributed by atoms with Gasteiger partial charge in [0.25, 0.3) is 5.91 Å². The van der Waals surface area contributed by atoms with Crippen LogP contribution in [-0.4, -0.2) is 64.2 Å². The topological polar surface area (TPSA) is 121 Å². The molecule has 204 valence electrons. The number of rotatable bonds is 8. The van der Waals surface area contributed by atoms with Crippen molar-refractivity contribution in [2.45, 2.75) is 62.9 Å². The maximum Gasteiger partial charge on any atom is 0.471 e. The smallest absolute Gasteiger partial charge is 0.471 e. The maximum atomic E-state index is 12.9. The first-order valence-electron chi connectivity index (χ1n) is 12.4. The molecule has 9 nitrogen and oxygen atoms in total. The van der Waals surface area contributed by atoms with E-state index in [1.165, 1.54) is 30.2 Å². The van der Waals surface area contributed by atoms with Crippen molar-refractivity contribution in [3.05, 3.63) is 59.4 Å². The molecule has 3 atom stereocenters. The highest BCUT2D eigenvalue weighted by Gasteiger charge is 2.40. The maximum absolute atomic E-state index is 12.9. The normalized spacial score (nSPS) is 19.3. The summed E-state index contributed by atoms with van der Waals surface area (Å²) in [5.74, 6) is -1.86. The molecule has 0 bridgehead atoms. The highest BCUT2D eigenvalue weighted by molar-refractivity contribution is 5.92. The second kappa shape index (κ2) is 11.3. The van der Waals surface area contributed by atoms with Crippen LogP contribution in [-0.2, 0) is 4.79 Å². The number of benzene rings is 1. The Bertz CT molecular complexity index is 1150. The number of pyridine rings is 1. The Morgan fingerprint density at radius 1 is 1.11 bits per heavy atom. The molecule has 3 amide bonds. The van der Waals surface area contributed by atoms with Crippen LogP contribution in [0.3, 0.4) is 0 Å². The van der Waals surface area contributed by atoms with Crippen molar-refractivity contribution in [3.63, 3.8) is 0 Å². The Morgan fingerprint density at radius 3 is 2.39 bits per heavy atom. The molecule has 1 saturated heterocycles. The molecule has 1 aliphatic heterocycles. The highest BCUT2D eigenvalue weighted by Crippen LogP contribution is 2.40. The number of amides is 3. The van der Waals surface area contributed by atoms with Crippen molar-refractivity contribution in [2.24, 2.45) is 0 Å². The summed E-state index contributed by atoms with van der Waals surface area (Å²) in [4.78, 5) is 40.8. The highest BCUT2D eigenvalue weighted by atomic mass is 19.4. The second-order valence-corrected chi connectivity index (χ2v) is 9.66. The number of alkyl halides is 3. The minimum Gasteiger partial charge on any atom is -0.482 e. The minimum absolute atomic E-state index is 0.0774. The van der Waals surface area contributed by atoms with Crippen LogP contribution in [0.4, 0.5) is 18.0 Å². The number of ether oxygens (including phenoxy) is 1. The average molecular weight is 535 g/mol. The van der Waals surface area contributed by atoms with Gasteiger partial charge in [-0.05, 0) is 61.8 Å². The van der Waals surface area contributed by atoms with Gasteiger partial charge in [0, 0.05) is 19.1 Å². The average Bonchev–Trinajstić information content (AvgIpc) is 3.73. The van der Waals surface area contributed by atoms with E-state index in [1.807, 2.05) is 17.4 Å². The Kier molecular flexibility index (Phi) is 8.08. The molecule has 4 rings (SSSR count). The fourth-order valence-electron chi connectivity index (χ4n) is 4.46. The van der Waals surface area contributed by atoms with Gasteiger partial charge in [-0.1, -0.05) is 24.3 Å². The standard InChI is InChI=1S/C26H29F3N4O5/c1-15(31-24(35)26(27,28)29)22(18-8-6-17(7-9-18)16-4-5-16)38-20-10-11-21(30-13-20)23(34)32-19-3-2-12-33(14-19)25(36)37/h6-11,13,15-16,19,22H,2-5,12,14H2,1H3,(H,31,35)(H,32,34)(H,36,37)/t15?,19-,22?/m0/s1. The lowest BCUT2D eigenvalue weighted by atomic mass is 10.00. The monoisotopic (exact) mass is 534 g/mol. The lowest BCUT2D eigenvalue weighted by Crippen LogP contribution is -2.49. The molecule has 3 N–H and O–H groups in total. The van der Waals surface area contributed by atoms with Crippen LogP contribution in [0.15, 0.2) is 42.6 Å². The molecule has 1 saturated carbocycles. The van der Waals surface area contributed by atoms with Crippen molar-refractivity contribution < 1.29 is 37.4 Å². The number of hydrogen-bond donors (Lipinski definition) is 3. The molecule has 2 fully saturated rings. The van der Waals surface area contributed by atoms with Gasteiger partial charge in [-0.3, -0.25) is 9.59 Å². The van der Waals surface area contributed by atoms with E-state index < -0.39 is 36.2 Å². The van der Waals surface area contributed by atoms with Gasteiger partial charge in [0.1, 0.15) is 17.5 Å². The van der Waals surface area contributed by atoms with E-state index in [9.17, 15) is 27.6 Å². The Morgan fingerprint density at radius 2 is 1.82 bits per heavy atom. The zero-order valence-corrected chi connectivity index (χ0v) is 20.7. The number of nitrogens with one attached hydrogen (secondary N) is 2. The van der Waals surface area contributed by atoms with Gasteiger partial charge in [-0.25, -0.2) is 9.78 Å². The number of carboxylic acid groups (broad SMARTS) is 1. The summed E-state index contributed by atoms with van der Waals surface area (Å²) in [6, 6.07) is 8.86. The largest absolute Gasteiger partial charge is 0.482 e. The van der Waals surface area contributed by atoms with E-state index >= 15 is 0 Å². The quantitative estimate of drug-likeness (QED) is 0.471. The van der Waals surface area contributed by atoms with Gasteiger partial charge in [0.05, 0.1) is 12.2 Å². The molecule has 38 heavy (non-hydrogen) atoms. The minimum atomic E-state index is -5.04. The van der Waals surface area contributed by atoms with Gasteiger partial charge in [0.2, 0.25) is 0 Å².